The number of benzene rings is 2. The minimum atomic E-state index is -0.738. The number of hydrogen-bond donors (Lipinski definition) is 1. The van der Waals surface area contributed by atoms with Crippen molar-refractivity contribution in [3.8, 4) is 11.5 Å². The molecule has 25 heavy (non-hydrogen) atoms. The SMILES string of the molecule is CC[C@@H](Oc1ccccc1F)C(=O)NCCOc1cccc(C)c1C. The molecule has 0 unspecified atom stereocenters. The van der Waals surface area contributed by atoms with Gasteiger partial charge in [-0.05, 0) is 49.6 Å². The average Bonchev–Trinajstić information content (AvgIpc) is 2.61. The quantitative estimate of drug-likeness (QED) is 0.741. The van der Waals surface area contributed by atoms with Crippen LogP contribution in [0.25, 0.3) is 0 Å². The summed E-state index contributed by atoms with van der Waals surface area (Å²) < 4.78 is 24.8. The van der Waals surface area contributed by atoms with Gasteiger partial charge in [0.2, 0.25) is 0 Å². The fraction of sp³-hybridized carbons (Fsp3) is 0.350. The van der Waals surface area contributed by atoms with E-state index in [-0.39, 0.29) is 11.7 Å². The van der Waals surface area contributed by atoms with Crippen molar-refractivity contribution in [3.05, 3.63) is 59.4 Å². The lowest BCUT2D eigenvalue weighted by Gasteiger charge is -2.18. The maximum absolute atomic E-state index is 13.6. The number of amides is 1. The summed E-state index contributed by atoms with van der Waals surface area (Å²) in [6.45, 7) is 6.54. The first kappa shape index (κ1) is 18.8. The van der Waals surface area contributed by atoms with Crippen LogP contribution in [0, 0.1) is 19.7 Å². The molecule has 0 aliphatic carbocycles. The summed E-state index contributed by atoms with van der Waals surface area (Å²) >= 11 is 0. The molecule has 0 heterocycles. The Morgan fingerprint density at radius 3 is 2.56 bits per heavy atom. The molecule has 1 atom stereocenters. The number of halogens is 1. The molecular formula is C20H24FNO3. The van der Waals surface area contributed by atoms with Crippen LogP contribution in [0.5, 0.6) is 11.5 Å². The number of carbonyl (C=O) groups is 1. The molecule has 134 valence electrons. The molecule has 0 fully saturated rings. The topological polar surface area (TPSA) is 47.6 Å². The van der Waals surface area contributed by atoms with E-state index in [4.69, 9.17) is 9.47 Å². The highest BCUT2D eigenvalue weighted by Gasteiger charge is 2.19. The van der Waals surface area contributed by atoms with Gasteiger partial charge in [0.1, 0.15) is 12.4 Å². The molecule has 2 rings (SSSR count). The van der Waals surface area contributed by atoms with Gasteiger partial charge in [-0.1, -0.05) is 31.2 Å². The predicted octanol–water partition coefficient (Wildman–Crippen LogP) is 3.80. The van der Waals surface area contributed by atoms with Gasteiger partial charge in [-0.2, -0.15) is 0 Å². The standard InChI is InChI=1S/C20H24FNO3/c1-4-17(25-19-10-6-5-9-16(19)21)20(23)22-12-13-24-18-11-7-8-14(2)15(18)3/h5-11,17H,4,12-13H2,1-3H3,(H,22,23)/t17-/m1/s1. The summed E-state index contributed by atoms with van der Waals surface area (Å²) in [6.07, 6.45) is -0.296. The zero-order valence-electron chi connectivity index (χ0n) is 14.8. The van der Waals surface area contributed by atoms with Crippen LogP contribution in [-0.2, 0) is 4.79 Å². The van der Waals surface area contributed by atoms with E-state index in [9.17, 15) is 9.18 Å². The molecule has 4 nitrogen and oxygen atoms in total. The van der Waals surface area contributed by atoms with Gasteiger partial charge >= 0.3 is 0 Å². The minimum Gasteiger partial charge on any atom is -0.491 e. The van der Waals surface area contributed by atoms with E-state index in [1.165, 1.54) is 12.1 Å². The predicted molar refractivity (Wildman–Crippen MR) is 95.5 cm³/mol. The number of carbonyl (C=O) groups excluding carboxylic acids is 1. The van der Waals surface area contributed by atoms with Gasteiger partial charge in [-0.3, -0.25) is 4.79 Å². The highest BCUT2D eigenvalue weighted by molar-refractivity contribution is 5.81. The van der Waals surface area contributed by atoms with E-state index in [0.717, 1.165) is 16.9 Å². The van der Waals surface area contributed by atoms with Gasteiger partial charge in [-0.25, -0.2) is 4.39 Å². The van der Waals surface area contributed by atoms with Crippen LogP contribution in [0.15, 0.2) is 42.5 Å². The van der Waals surface area contributed by atoms with Gasteiger partial charge in [-0.15, -0.1) is 0 Å². The lowest BCUT2D eigenvalue weighted by atomic mass is 10.1. The monoisotopic (exact) mass is 345 g/mol. The number of nitrogens with one attached hydrogen (secondary N) is 1. The smallest absolute Gasteiger partial charge is 0.261 e. The van der Waals surface area contributed by atoms with Crippen molar-refractivity contribution in [1.29, 1.82) is 0 Å². The number of aryl methyl sites for hydroxylation is 1. The maximum atomic E-state index is 13.6. The number of hydrogen-bond acceptors (Lipinski definition) is 3. The Balaban J connectivity index is 1.82. The molecular weight excluding hydrogens is 321 g/mol. The molecule has 0 spiro atoms. The van der Waals surface area contributed by atoms with Crippen molar-refractivity contribution < 1.29 is 18.7 Å². The van der Waals surface area contributed by atoms with Crippen LogP contribution in [0.2, 0.25) is 0 Å². The Hall–Kier alpha value is -2.56. The molecule has 2 aromatic carbocycles. The van der Waals surface area contributed by atoms with Gasteiger partial charge in [0, 0.05) is 0 Å². The molecule has 0 bridgehead atoms. The Morgan fingerprint density at radius 2 is 1.84 bits per heavy atom. The molecule has 0 aliphatic rings. The van der Waals surface area contributed by atoms with Crippen LogP contribution in [0.4, 0.5) is 4.39 Å². The summed E-state index contributed by atoms with van der Waals surface area (Å²) in [5.74, 6) is 0.127. The second-order valence-corrected chi connectivity index (χ2v) is 5.78. The Bertz CT molecular complexity index is 718. The van der Waals surface area contributed by atoms with Crippen molar-refractivity contribution >= 4 is 5.91 Å². The molecule has 5 heteroatoms. The van der Waals surface area contributed by atoms with Crippen LogP contribution in [0.1, 0.15) is 24.5 Å². The third kappa shape index (κ3) is 5.21. The maximum Gasteiger partial charge on any atom is 0.261 e. The fourth-order valence-corrected chi connectivity index (χ4v) is 2.35. The van der Waals surface area contributed by atoms with Crippen molar-refractivity contribution in [1.82, 2.24) is 5.32 Å². The van der Waals surface area contributed by atoms with Crippen LogP contribution in [0.3, 0.4) is 0 Å². The molecule has 1 amide bonds. The van der Waals surface area contributed by atoms with Crippen molar-refractivity contribution in [2.45, 2.75) is 33.3 Å². The summed E-state index contributed by atoms with van der Waals surface area (Å²) in [5, 5.41) is 2.77. The van der Waals surface area contributed by atoms with Gasteiger partial charge < -0.3 is 14.8 Å². The van der Waals surface area contributed by atoms with Crippen molar-refractivity contribution in [3.63, 3.8) is 0 Å². The van der Waals surface area contributed by atoms with Gasteiger partial charge in [0.05, 0.1) is 6.54 Å². The van der Waals surface area contributed by atoms with E-state index in [1.54, 1.807) is 12.1 Å². The summed E-state index contributed by atoms with van der Waals surface area (Å²) in [4.78, 5) is 12.2. The highest BCUT2D eigenvalue weighted by Crippen LogP contribution is 2.20. The first-order valence-corrected chi connectivity index (χ1v) is 8.40. The van der Waals surface area contributed by atoms with Crippen molar-refractivity contribution in [2.24, 2.45) is 0 Å². The van der Waals surface area contributed by atoms with Crippen LogP contribution < -0.4 is 14.8 Å². The Labute approximate surface area is 148 Å². The van der Waals surface area contributed by atoms with Gasteiger partial charge in [0.15, 0.2) is 17.7 Å². The third-order valence-electron chi connectivity index (χ3n) is 3.98. The number of para-hydroxylation sites is 1. The van der Waals surface area contributed by atoms with E-state index in [0.29, 0.717) is 19.6 Å². The molecule has 0 saturated heterocycles. The van der Waals surface area contributed by atoms with Crippen LogP contribution in [-0.4, -0.2) is 25.2 Å². The Morgan fingerprint density at radius 1 is 1.12 bits per heavy atom. The molecule has 0 radical (unpaired) electrons. The van der Waals surface area contributed by atoms with E-state index < -0.39 is 11.9 Å². The third-order valence-corrected chi connectivity index (χ3v) is 3.98. The molecule has 0 aromatic heterocycles. The molecule has 0 saturated carbocycles. The number of rotatable bonds is 8. The lowest BCUT2D eigenvalue weighted by Crippen LogP contribution is -2.40. The lowest BCUT2D eigenvalue weighted by molar-refractivity contribution is -0.128. The van der Waals surface area contributed by atoms with Gasteiger partial charge in [0.25, 0.3) is 5.91 Å². The largest absolute Gasteiger partial charge is 0.491 e. The second-order valence-electron chi connectivity index (χ2n) is 5.78. The Kier molecular flexibility index (Phi) is 6.81. The highest BCUT2D eigenvalue weighted by atomic mass is 19.1. The minimum absolute atomic E-state index is 0.0798. The van der Waals surface area contributed by atoms with E-state index in [1.807, 2.05) is 39.0 Å². The molecule has 2 aromatic rings. The van der Waals surface area contributed by atoms with Crippen LogP contribution >= 0.6 is 0 Å². The average molecular weight is 345 g/mol. The number of ether oxygens (including phenoxy) is 2. The van der Waals surface area contributed by atoms with E-state index >= 15 is 0 Å². The zero-order valence-corrected chi connectivity index (χ0v) is 14.8. The fourth-order valence-electron chi connectivity index (χ4n) is 2.35. The molecule has 0 aliphatic heterocycles. The first-order valence-electron chi connectivity index (χ1n) is 8.40. The first-order chi connectivity index (χ1) is 12.0. The summed E-state index contributed by atoms with van der Waals surface area (Å²) in [5.41, 5.74) is 2.24. The second kappa shape index (κ2) is 9.06. The normalized spacial score (nSPS) is 11.7. The molecule has 1 N–H and O–H groups in total. The zero-order chi connectivity index (χ0) is 18.2. The van der Waals surface area contributed by atoms with Crippen molar-refractivity contribution in [2.75, 3.05) is 13.2 Å². The summed E-state index contributed by atoms with van der Waals surface area (Å²) in [7, 11) is 0. The van der Waals surface area contributed by atoms with E-state index in [2.05, 4.69) is 5.32 Å². The summed E-state index contributed by atoms with van der Waals surface area (Å²) in [6, 6.07) is 11.9.